The Morgan fingerprint density at radius 1 is 1.00 bits per heavy atom. The fraction of sp³-hybridized carbons (Fsp3) is 0.697. The van der Waals surface area contributed by atoms with Crippen LogP contribution in [0.1, 0.15) is 121 Å². The van der Waals surface area contributed by atoms with E-state index in [2.05, 4.69) is 52.2 Å². The summed E-state index contributed by atoms with van der Waals surface area (Å²) in [5.41, 5.74) is 2.98. The van der Waals surface area contributed by atoms with Gasteiger partial charge in [-0.15, -0.1) is 0 Å². The molecule has 1 aromatic heterocycles. The zero-order valence-corrected chi connectivity index (χ0v) is 25.0. The second kappa shape index (κ2) is 18.1. The topological polar surface area (TPSA) is 70.2 Å². The van der Waals surface area contributed by atoms with E-state index in [0.29, 0.717) is 12.6 Å². The van der Waals surface area contributed by atoms with Crippen molar-refractivity contribution >= 4 is 5.95 Å². The lowest BCUT2D eigenvalue weighted by Crippen LogP contribution is -2.29. The van der Waals surface area contributed by atoms with E-state index in [1.165, 1.54) is 95.7 Å². The summed E-state index contributed by atoms with van der Waals surface area (Å²) in [5, 5.41) is 3.36. The van der Waals surface area contributed by atoms with E-state index >= 15 is 0 Å². The van der Waals surface area contributed by atoms with Crippen LogP contribution < -0.4 is 15.6 Å². The van der Waals surface area contributed by atoms with Gasteiger partial charge in [-0.1, -0.05) is 83.3 Å². The standard InChI is InChI=1S/C33H54N4O2/c1-4-5-6-7-8-9-10-11-12-14-20-31-28(3)35-33(36-32(31)38)34-27(2)21-24-39-30-19-17-18-29(25-30)26-37-22-15-13-16-23-37/h17-19,25,27H,4-16,20-24,26H2,1-3H3,(H2,34,35,36,38). The Morgan fingerprint density at radius 2 is 1.69 bits per heavy atom. The number of unbranched alkanes of at least 4 members (excludes halogenated alkanes) is 9. The number of aromatic amines is 1. The summed E-state index contributed by atoms with van der Waals surface area (Å²) in [5.74, 6) is 1.48. The van der Waals surface area contributed by atoms with Crippen molar-refractivity contribution < 1.29 is 4.74 Å². The number of hydrogen-bond acceptors (Lipinski definition) is 5. The van der Waals surface area contributed by atoms with Crippen molar-refractivity contribution in [3.8, 4) is 5.75 Å². The first kappa shape index (κ1) is 31.2. The molecule has 0 spiro atoms. The lowest BCUT2D eigenvalue weighted by atomic mass is 10.0. The lowest BCUT2D eigenvalue weighted by Gasteiger charge is -2.26. The summed E-state index contributed by atoms with van der Waals surface area (Å²) in [6.07, 6.45) is 18.6. The van der Waals surface area contributed by atoms with Crippen LogP contribution in [-0.4, -0.2) is 40.6 Å². The highest BCUT2D eigenvalue weighted by atomic mass is 16.5. The van der Waals surface area contributed by atoms with Crippen molar-refractivity contribution in [3.05, 3.63) is 51.4 Å². The highest BCUT2D eigenvalue weighted by molar-refractivity contribution is 5.31. The molecule has 6 heteroatoms. The lowest BCUT2D eigenvalue weighted by molar-refractivity contribution is 0.220. The summed E-state index contributed by atoms with van der Waals surface area (Å²) in [7, 11) is 0. The maximum absolute atomic E-state index is 12.7. The van der Waals surface area contributed by atoms with Gasteiger partial charge in [-0.3, -0.25) is 14.7 Å². The van der Waals surface area contributed by atoms with Crippen molar-refractivity contribution in [2.45, 2.75) is 130 Å². The molecule has 1 fully saturated rings. The number of H-pyrrole nitrogens is 1. The summed E-state index contributed by atoms with van der Waals surface area (Å²) in [6, 6.07) is 8.62. The van der Waals surface area contributed by atoms with Gasteiger partial charge in [0.25, 0.3) is 5.56 Å². The van der Waals surface area contributed by atoms with Crippen molar-refractivity contribution in [2.75, 3.05) is 25.0 Å². The Bertz CT molecular complexity index is 999. The quantitative estimate of drug-likeness (QED) is 0.179. The molecule has 6 nitrogen and oxygen atoms in total. The zero-order chi connectivity index (χ0) is 27.7. The Kier molecular flexibility index (Phi) is 14.5. The Balaban J connectivity index is 1.33. The maximum atomic E-state index is 12.7. The van der Waals surface area contributed by atoms with Crippen molar-refractivity contribution in [1.82, 2.24) is 14.9 Å². The fourth-order valence-corrected chi connectivity index (χ4v) is 5.53. The van der Waals surface area contributed by atoms with Gasteiger partial charge in [0.15, 0.2) is 0 Å². The van der Waals surface area contributed by atoms with Crippen LogP contribution >= 0.6 is 0 Å². The largest absolute Gasteiger partial charge is 0.494 e. The highest BCUT2D eigenvalue weighted by Crippen LogP contribution is 2.18. The number of nitrogens with zero attached hydrogens (tertiary/aromatic N) is 2. The third kappa shape index (κ3) is 12.2. The summed E-state index contributed by atoms with van der Waals surface area (Å²) >= 11 is 0. The van der Waals surface area contributed by atoms with E-state index in [1.54, 1.807) is 0 Å². The van der Waals surface area contributed by atoms with E-state index in [0.717, 1.165) is 42.8 Å². The third-order valence-electron chi connectivity index (χ3n) is 7.96. The van der Waals surface area contributed by atoms with Crippen molar-refractivity contribution in [1.29, 1.82) is 0 Å². The molecule has 1 atom stereocenters. The highest BCUT2D eigenvalue weighted by Gasteiger charge is 2.12. The predicted octanol–water partition coefficient (Wildman–Crippen LogP) is 7.80. The molecule has 0 saturated carbocycles. The van der Waals surface area contributed by atoms with Crippen LogP contribution in [0.25, 0.3) is 0 Å². The van der Waals surface area contributed by atoms with Gasteiger partial charge in [-0.25, -0.2) is 4.98 Å². The SMILES string of the molecule is CCCCCCCCCCCCc1c(C)nc(NC(C)CCOc2cccc(CN3CCCCC3)c2)[nH]c1=O. The molecule has 1 aliphatic rings. The third-order valence-corrected chi connectivity index (χ3v) is 7.96. The molecule has 1 aliphatic heterocycles. The van der Waals surface area contributed by atoms with Gasteiger partial charge >= 0.3 is 0 Å². The number of hydrogen-bond donors (Lipinski definition) is 2. The number of benzene rings is 1. The molecule has 1 saturated heterocycles. The van der Waals surface area contributed by atoms with Crippen LogP contribution in [0.5, 0.6) is 5.75 Å². The first-order chi connectivity index (χ1) is 19.0. The second-order valence-corrected chi connectivity index (χ2v) is 11.6. The normalized spacial score (nSPS) is 14.8. The minimum atomic E-state index is -0.00473. The first-order valence-electron chi connectivity index (χ1n) is 15.9. The smallest absolute Gasteiger partial charge is 0.255 e. The van der Waals surface area contributed by atoms with Gasteiger partial charge in [-0.05, 0) is 70.3 Å². The molecule has 2 heterocycles. The second-order valence-electron chi connectivity index (χ2n) is 11.6. The summed E-state index contributed by atoms with van der Waals surface area (Å²) < 4.78 is 6.06. The van der Waals surface area contributed by atoms with Gasteiger partial charge in [0, 0.05) is 30.3 Å². The van der Waals surface area contributed by atoms with E-state index in [1.807, 2.05) is 13.0 Å². The summed E-state index contributed by atoms with van der Waals surface area (Å²) in [4.78, 5) is 22.9. The molecule has 0 radical (unpaired) electrons. The molecule has 0 aliphatic carbocycles. The monoisotopic (exact) mass is 538 g/mol. The molecular weight excluding hydrogens is 484 g/mol. The number of ether oxygens (including phenoxy) is 1. The minimum absolute atomic E-state index is 0.00473. The van der Waals surface area contributed by atoms with Gasteiger partial charge in [-0.2, -0.15) is 0 Å². The molecule has 1 aromatic carbocycles. The van der Waals surface area contributed by atoms with Crippen molar-refractivity contribution in [2.24, 2.45) is 0 Å². The number of rotatable bonds is 19. The molecule has 1 unspecified atom stereocenters. The van der Waals surface area contributed by atoms with Crippen LogP contribution in [0.4, 0.5) is 5.95 Å². The van der Waals surface area contributed by atoms with Crippen LogP contribution in [0.15, 0.2) is 29.1 Å². The first-order valence-corrected chi connectivity index (χ1v) is 15.9. The molecule has 0 bridgehead atoms. The van der Waals surface area contributed by atoms with Crippen LogP contribution in [0, 0.1) is 6.92 Å². The average Bonchev–Trinajstić information content (AvgIpc) is 2.92. The molecule has 218 valence electrons. The van der Waals surface area contributed by atoms with Crippen LogP contribution in [-0.2, 0) is 13.0 Å². The molecular formula is C33H54N4O2. The van der Waals surface area contributed by atoms with Gasteiger partial charge in [0.1, 0.15) is 5.75 Å². The number of aryl methyl sites for hydroxylation is 1. The number of aromatic nitrogens is 2. The minimum Gasteiger partial charge on any atom is -0.494 e. The van der Waals surface area contributed by atoms with Crippen LogP contribution in [0.2, 0.25) is 0 Å². The number of nitrogens with one attached hydrogen (secondary N) is 2. The van der Waals surface area contributed by atoms with E-state index in [-0.39, 0.29) is 11.6 Å². The predicted molar refractivity (Wildman–Crippen MR) is 164 cm³/mol. The number of piperidine rings is 1. The van der Waals surface area contributed by atoms with Crippen LogP contribution in [0.3, 0.4) is 0 Å². The van der Waals surface area contributed by atoms with Gasteiger partial charge in [0.05, 0.1) is 6.61 Å². The van der Waals surface area contributed by atoms with Gasteiger partial charge < -0.3 is 10.1 Å². The Labute approximate surface area is 237 Å². The van der Waals surface area contributed by atoms with E-state index in [9.17, 15) is 4.79 Å². The maximum Gasteiger partial charge on any atom is 0.255 e. The van der Waals surface area contributed by atoms with Crippen molar-refractivity contribution in [3.63, 3.8) is 0 Å². The van der Waals surface area contributed by atoms with Gasteiger partial charge in [0.2, 0.25) is 5.95 Å². The average molecular weight is 539 g/mol. The fourth-order valence-electron chi connectivity index (χ4n) is 5.53. The molecule has 39 heavy (non-hydrogen) atoms. The molecule has 2 N–H and O–H groups in total. The Morgan fingerprint density at radius 3 is 2.38 bits per heavy atom. The Hall–Kier alpha value is -2.34. The molecule has 2 aromatic rings. The molecule has 0 amide bonds. The molecule has 3 rings (SSSR count). The zero-order valence-electron chi connectivity index (χ0n) is 25.0. The number of anilines is 1. The van der Waals surface area contributed by atoms with E-state index < -0.39 is 0 Å². The summed E-state index contributed by atoms with van der Waals surface area (Å²) in [6.45, 7) is 10.3. The van der Waals surface area contributed by atoms with E-state index in [4.69, 9.17) is 4.74 Å². The number of likely N-dealkylation sites (tertiary alicyclic amines) is 1.